The van der Waals surface area contributed by atoms with Gasteiger partial charge in [-0.2, -0.15) is 0 Å². The number of anilines is 1. The number of esters is 2. The van der Waals surface area contributed by atoms with E-state index in [4.69, 9.17) is 18.9 Å². The first-order valence-electron chi connectivity index (χ1n) is 26.4. The van der Waals surface area contributed by atoms with Crippen LogP contribution >= 0.6 is 0 Å². The van der Waals surface area contributed by atoms with Crippen molar-refractivity contribution >= 4 is 46.5 Å². The minimum absolute atomic E-state index is 0.0576. The molecule has 0 aliphatic carbocycles. The number of para-hydroxylation sites is 1. The Morgan fingerprint density at radius 2 is 1.51 bits per heavy atom. The Hall–Kier alpha value is -9.05. The number of hydrogen-bond acceptors (Lipinski definition) is 14. The number of carbonyl (C=O) groups excluding carboxylic acids is 5. The predicted molar refractivity (Wildman–Crippen MR) is 288 cm³/mol. The van der Waals surface area contributed by atoms with Gasteiger partial charge in [-0.05, 0) is 88.3 Å². The number of cyclic esters (lactones) is 1. The molecule has 0 bridgehead atoms. The van der Waals surface area contributed by atoms with Crippen molar-refractivity contribution in [2.45, 2.75) is 62.6 Å². The molecule has 3 fully saturated rings. The Bertz CT molecular complexity index is 3580. The van der Waals surface area contributed by atoms with Crippen molar-refractivity contribution in [3.8, 4) is 29.1 Å². The van der Waals surface area contributed by atoms with E-state index in [9.17, 15) is 9.90 Å². The molecule has 18 heteroatoms. The van der Waals surface area contributed by atoms with Crippen LogP contribution in [0.3, 0.4) is 0 Å². The van der Waals surface area contributed by atoms with E-state index in [0.29, 0.717) is 53.3 Å². The third-order valence-electron chi connectivity index (χ3n) is 15.9. The molecule has 5 aliphatic heterocycles. The zero-order chi connectivity index (χ0) is 54.5. The molecule has 12 rings (SSSR count). The predicted octanol–water partition coefficient (Wildman–Crippen LogP) is 6.83. The number of aromatic hydroxyl groups is 1. The number of phenolic OH excluding ortho intramolecular Hbond substituents is 1. The number of rotatable bonds is 10. The molecule has 18 nitrogen and oxygen atoms in total. The molecular formula is C61H56N8O10. The summed E-state index contributed by atoms with van der Waals surface area (Å²) in [4.78, 5) is 84.7. The largest absolute Gasteiger partial charge is 0.508 e. The average molecular weight is 1060 g/mol. The van der Waals surface area contributed by atoms with E-state index >= 15 is 19.2 Å². The van der Waals surface area contributed by atoms with Crippen molar-refractivity contribution in [3.63, 3.8) is 0 Å². The van der Waals surface area contributed by atoms with Gasteiger partial charge in [0, 0.05) is 38.3 Å². The van der Waals surface area contributed by atoms with Gasteiger partial charge in [-0.15, -0.1) is 5.10 Å². The van der Waals surface area contributed by atoms with E-state index in [2.05, 4.69) is 32.4 Å². The van der Waals surface area contributed by atoms with Crippen LogP contribution in [0.1, 0.15) is 65.4 Å². The number of carbonyl (C=O) groups is 5. The number of nitrogens with zero attached hydrogens (tertiary/aromatic N) is 7. The van der Waals surface area contributed by atoms with Crippen molar-refractivity contribution in [3.05, 3.63) is 179 Å². The summed E-state index contributed by atoms with van der Waals surface area (Å²) in [6.07, 6.45) is -0.954. The van der Waals surface area contributed by atoms with Crippen LogP contribution in [0.2, 0.25) is 0 Å². The minimum Gasteiger partial charge on any atom is -0.508 e. The van der Waals surface area contributed by atoms with Gasteiger partial charge in [0.05, 0.1) is 36.3 Å². The molecule has 6 aromatic carbocycles. The molecular weight excluding hydrogens is 1000 g/mol. The van der Waals surface area contributed by atoms with Gasteiger partial charge in [0.1, 0.15) is 41.4 Å². The minimum atomic E-state index is -2.11. The standard InChI is InChI=1S/C61H56N8O10/c1-37(2)51(57(72)76-3)62-60(75)68-46-26-20-38(13-12-28-67-47-19-11-10-18-45(47)63-64-67)33-44(46)61(59(68)74)50(56(71)66-31-29-65(30-32-66)35-39-21-27-48-49(34-39)78-36-77-48)53-58(73)79-54(41-16-8-5-9-17-41)52(40-14-6-4-7-15-40)69(53)55(61)42-22-24-43(70)25-23-42/h4-11,14-27,33-34,37,50-55,70H,28-32,35-36H2,1-3H3,(H,62,75)/t50-,51+,52-,53-,54+,55+,61-/m1/s1. The number of ether oxygens (including phenoxy) is 4. The van der Waals surface area contributed by atoms with Crippen LogP contribution in [0.4, 0.5) is 10.5 Å². The number of hydrogen-bond donors (Lipinski definition) is 2. The van der Waals surface area contributed by atoms with E-state index in [0.717, 1.165) is 21.5 Å². The lowest BCUT2D eigenvalue weighted by Gasteiger charge is -2.46. The van der Waals surface area contributed by atoms with Gasteiger partial charge in [0.15, 0.2) is 11.5 Å². The number of nitrogens with one attached hydrogen (secondary N) is 1. The molecule has 0 saturated carbocycles. The molecule has 7 atom stereocenters. The van der Waals surface area contributed by atoms with Crippen LogP contribution in [0, 0.1) is 23.7 Å². The quantitative estimate of drug-likeness (QED) is 0.107. The van der Waals surface area contributed by atoms with Crippen LogP contribution in [0.25, 0.3) is 11.0 Å². The van der Waals surface area contributed by atoms with Crippen molar-refractivity contribution < 1.29 is 48.0 Å². The molecule has 79 heavy (non-hydrogen) atoms. The third kappa shape index (κ3) is 8.84. The van der Waals surface area contributed by atoms with Gasteiger partial charge in [-0.25, -0.2) is 19.2 Å². The molecule has 5 aliphatic rings. The maximum absolute atomic E-state index is 16.9. The molecule has 7 aromatic rings. The zero-order valence-corrected chi connectivity index (χ0v) is 43.6. The SMILES string of the molecule is COC(=O)[C@@H](NC(=O)N1C(=O)[C@@]2(c3cc(C#CCn4nnc5ccccc54)ccc31)[C@H](c1ccc(O)cc1)N1[C@H](c3ccccc3)[C@H](c3ccccc3)OC(=O)[C@H]1[C@@H]2C(=O)N1CCN(Cc2ccc3c(c2)OCO3)CC1)C(C)C. The molecule has 0 radical (unpaired) electrons. The van der Waals surface area contributed by atoms with E-state index in [1.54, 1.807) is 53.8 Å². The molecule has 1 spiro atoms. The lowest BCUT2D eigenvalue weighted by Crippen LogP contribution is -2.59. The second-order valence-corrected chi connectivity index (χ2v) is 20.7. The fourth-order valence-corrected chi connectivity index (χ4v) is 12.3. The molecule has 3 saturated heterocycles. The van der Waals surface area contributed by atoms with Crippen molar-refractivity contribution in [2.24, 2.45) is 11.8 Å². The maximum Gasteiger partial charge on any atom is 0.329 e. The summed E-state index contributed by atoms with van der Waals surface area (Å²) < 4.78 is 24.7. The molecule has 400 valence electrons. The van der Waals surface area contributed by atoms with Gasteiger partial charge >= 0.3 is 18.0 Å². The highest BCUT2D eigenvalue weighted by Gasteiger charge is 2.76. The number of aromatic nitrogens is 3. The summed E-state index contributed by atoms with van der Waals surface area (Å²) in [6.45, 7) is 5.73. The summed E-state index contributed by atoms with van der Waals surface area (Å²) in [6, 6.07) is 38.1. The Balaban J connectivity index is 1.05. The van der Waals surface area contributed by atoms with Crippen molar-refractivity contribution in [2.75, 3.05) is 45.0 Å². The Labute approximate surface area is 455 Å². The molecule has 6 heterocycles. The smallest absolute Gasteiger partial charge is 0.329 e. The van der Waals surface area contributed by atoms with Gasteiger partial charge in [0.2, 0.25) is 18.6 Å². The monoisotopic (exact) mass is 1060 g/mol. The highest BCUT2D eigenvalue weighted by Crippen LogP contribution is 2.66. The van der Waals surface area contributed by atoms with Crippen molar-refractivity contribution in [1.29, 1.82) is 0 Å². The summed E-state index contributed by atoms with van der Waals surface area (Å²) in [7, 11) is 1.22. The first kappa shape index (κ1) is 50.7. The number of methoxy groups -OCH3 is 1. The summed E-state index contributed by atoms with van der Waals surface area (Å²) >= 11 is 0. The van der Waals surface area contributed by atoms with Crippen LogP contribution < -0.4 is 19.7 Å². The maximum atomic E-state index is 16.9. The number of imide groups is 1. The highest BCUT2D eigenvalue weighted by atomic mass is 16.7. The Kier molecular flexibility index (Phi) is 13.3. The highest BCUT2D eigenvalue weighted by molar-refractivity contribution is 6.25. The lowest BCUT2D eigenvalue weighted by molar-refractivity contribution is -0.179. The summed E-state index contributed by atoms with van der Waals surface area (Å²) in [5.41, 5.74) is 3.09. The zero-order valence-electron chi connectivity index (χ0n) is 43.6. The number of amides is 4. The lowest BCUT2D eigenvalue weighted by atomic mass is 9.64. The number of phenols is 1. The average Bonchev–Trinajstić information content (AvgIpc) is 3.59. The van der Waals surface area contributed by atoms with E-state index in [1.807, 2.05) is 108 Å². The fraction of sp³-hybridized carbons (Fsp3) is 0.295. The number of piperazine rings is 1. The Morgan fingerprint density at radius 1 is 0.797 bits per heavy atom. The van der Waals surface area contributed by atoms with Crippen LogP contribution in [-0.4, -0.2) is 117 Å². The van der Waals surface area contributed by atoms with Crippen LogP contribution in [0.15, 0.2) is 146 Å². The number of benzene rings is 6. The summed E-state index contributed by atoms with van der Waals surface area (Å²) in [5, 5.41) is 22.3. The van der Waals surface area contributed by atoms with Gasteiger partial charge in [-0.3, -0.25) is 24.2 Å². The van der Waals surface area contributed by atoms with Gasteiger partial charge < -0.3 is 34.3 Å². The topological polar surface area (TPSA) is 198 Å². The second-order valence-electron chi connectivity index (χ2n) is 20.7. The van der Waals surface area contributed by atoms with Gasteiger partial charge in [-0.1, -0.05) is 122 Å². The number of urea groups is 1. The number of fused-ring (bicyclic) bond motifs is 5. The first-order chi connectivity index (χ1) is 38.4. The van der Waals surface area contributed by atoms with Crippen LogP contribution in [-0.2, 0) is 47.2 Å². The molecule has 4 amide bonds. The van der Waals surface area contributed by atoms with E-state index < -0.39 is 77.3 Å². The normalized spacial score (nSPS) is 22.8. The first-order valence-corrected chi connectivity index (χ1v) is 26.4. The van der Waals surface area contributed by atoms with E-state index in [1.165, 1.54) is 19.2 Å². The third-order valence-corrected chi connectivity index (χ3v) is 15.9. The fourth-order valence-electron chi connectivity index (χ4n) is 12.3. The second kappa shape index (κ2) is 20.7. The van der Waals surface area contributed by atoms with Crippen LogP contribution in [0.5, 0.6) is 17.2 Å². The summed E-state index contributed by atoms with van der Waals surface area (Å²) in [5.74, 6) is 3.01. The van der Waals surface area contributed by atoms with E-state index in [-0.39, 0.29) is 43.4 Å². The van der Waals surface area contributed by atoms with Gasteiger partial charge in [0.25, 0.3) is 0 Å². The molecule has 0 unspecified atom stereocenters. The number of morpholine rings is 1. The van der Waals surface area contributed by atoms with Crippen molar-refractivity contribution in [1.82, 2.24) is 35.0 Å². The molecule has 1 aromatic heterocycles. The Morgan fingerprint density at radius 3 is 2.24 bits per heavy atom. The molecule has 2 N–H and O–H groups in total.